The molecule has 2 aliphatic rings. The summed E-state index contributed by atoms with van der Waals surface area (Å²) in [6.07, 6.45) is 6.65. The molecule has 18 heavy (non-hydrogen) atoms. The summed E-state index contributed by atoms with van der Waals surface area (Å²) in [5.41, 5.74) is 3.12. The average Bonchev–Trinajstić information content (AvgIpc) is 2.76. The van der Waals surface area contributed by atoms with Gasteiger partial charge in [0.25, 0.3) is 0 Å². The Labute approximate surface area is 111 Å². The summed E-state index contributed by atoms with van der Waals surface area (Å²) in [6.45, 7) is 4.83. The number of nitrogens with one attached hydrogen (secondary N) is 1. The maximum atomic E-state index is 3.94. The molecule has 3 unspecified atom stereocenters. The van der Waals surface area contributed by atoms with Gasteiger partial charge in [-0.3, -0.25) is 0 Å². The Morgan fingerprint density at radius 2 is 1.67 bits per heavy atom. The molecule has 98 valence electrons. The van der Waals surface area contributed by atoms with E-state index < -0.39 is 0 Å². The third-order valence-corrected chi connectivity index (χ3v) is 4.96. The second kappa shape index (κ2) is 5.05. The fraction of sp³-hybridized carbons (Fsp3) is 0.647. The van der Waals surface area contributed by atoms with E-state index in [0.717, 1.165) is 17.9 Å². The third kappa shape index (κ3) is 2.47. The van der Waals surface area contributed by atoms with Crippen LogP contribution in [0.5, 0.6) is 0 Å². The largest absolute Gasteiger partial charge is 0.310 e. The Morgan fingerprint density at radius 1 is 1.00 bits per heavy atom. The summed E-state index contributed by atoms with van der Waals surface area (Å²) in [7, 11) is 0. The van der Waals surface area contributed by atoms with Gasteiger partial charge in [-0.05, 0) is 48.6 Å². The SMILES string of the molecule is CC1CCC(C)C(NC2Cc3ccccc3C2)C1. The Morgan fingerprint density at radius 3 is 2.33 bits per heavy atom. The first-order valence-electron chi connectivity index (χ1n) is 7.55. The smallest absolute Gasteiger partial charge is 0.0151 e. The zero-order valence-electron chi connectivity index (χ0n) is 11.7. The monoisotopic (exact) mass is 243 g/mol. The Hall–Kier alpha value is -0.820. The van der Waals surface area contributed by atoms with Gasteiger partial charge >= 0.3 is 0 Å². The van der Waals surface area contributed by atoms with Crippen LogP contribution in [0, 0.1) is 11.8 Å². The van der Waals surface area contributed by atoms with E-state index in [0.29, 0.717) is 6.04 Å². The second-order valence-corrected chi connectivity index (χ2v) is 6.54. The van der Waals surface area contributed by atoms with E-state index in [9.17, 15) is 0 Å². The predicted octanol–water partition coefficient (Wildman–Crippen LogP) is 3.57. The molecule has 1 heteroatoms. The molecule has 1 saturated carbocycles. The van der Waals surface area contributed by atoms with Crippen molar-refractivity contribution in [2.24, 2.45) is 11.8 Å². The maximum absolute atomic E-state index is 3.94. The van der Waals surface area contributed by atoms with E-state index in [1.165, 1.54) is 32.1 Å². The van der Waals surface area contributed by atoms with Crippen LogP contribution in [0.15, 0.2) is 24.3 Å². The molecular weight excluding hydrogens is 218 g/mol. The lowest BCUT2D eigenvalue weighted by atomic mass is 9.79. The lowest BCUT2D eigenvalue weighted by molar-refractivity contribution is 0.214. The molecule has 3 atom stereocenters. The van der Waals surface area contributed by atoms with Gasteiger partial charge in [-0.1, -0.05) is 44.5 Å². The Balaban J connectivity index is 1.62. The van der Waals surface area contributed by atoms with Gasteiger partial charge in [-0.15, -0.1) is 0 Å². The minimum absolute atomic E-state index is 0.681. The van der Waals surface area contributed by atoms with Crippen molar-refractivity contribution in [2.75, 3.05) is 0 Å². The molecular formula is C17H25N. The van der Waals surface area contributed by atoms with E-state index in [1.807, 2.05) is 0 Å². The van der Waals surface area contributed by atoms with Crippen molar-refractivity contribution >= 4 is 0 Å². The number of hydrogen-bond donors (Lipinski definition) is 1. The van der Waals surface area contributed by atoms with Gasteiger partial charge < -0.3 is 5.32 Å². The van der Waals surface area contributed by atoms with Crippen molar-refractivity contribution in [1.82, 2.24) is 5.32 Å². The van der Waals surface area contributed by atoms with E-state index in [4.69, 9.17) is 0 Å². The van der Waals surface area contributed by atoms with Crippen LogP contribution < -0.4 is 5.32 Å². The van der Waals surface area contributed by atoms with E-state index >= 15 is 0 Å². The summed E-state index contributed by atoms with van der Waals surface area (Å²) < 4.78 is 0. The van der Waals surface area contributed by atoms with Crippen molar-refractivity contribution < 1.29 is 0 Å². The summed E-state index contributed by atoms with van der Waals surface area (Å²) in [6, 6.07) is 10.4. The van der Waals surface area contributed by atoms with Crippen LogP contribution in [0.4, 0.5) is 0 Å². The molecule has 0 aromatic heterocycles. The first kappa shape index (κ1) is 12.2. The molecule has 3 rings (SSSR count). The minimum Gasteiger partial charge on any atom is -0.310 e. The highest BCUT2D eigenvalue weighted by Crippen LogP contribution is 2.30. The van der Waals surface area contributed by atoms with Crippen LogP contribution in [0.3, 0.4) is 0 Å². The van der Waals surface area contributed by atoms with Crippen LogP contribution in [-0.2, 0) is 12.8 Å². The van der Waals surface area contributed by atoms with Crippen LogP contribution in [0.2, 0.25) is 0 Å². The lowest BCUT2D eigenvalue weighted by Gasteiger charge is -2.35. The number of benzene rings is 1. The molecule has 0 heterocycles. The molecule has 1 aromatic rings. The Kier molecular flexibility index (Phi) is 3.43. The second-order valence-electron chi connectivity index (χ2n) is 6.54. The number of hydrogen-bond acceptors (Lipinski definition) is 1. The zero-order valence-corrected chi connectivity index (χ0v) is 11.7. The van der Waals surface area contributed by atoms with Gasteiger partial charge in [0.1, 0.15) is 0 Å². The first-order chi connectivity index (χ1) is 8.72. The van der Waals surface area contributed by atoms with Gasteiger partial charge in [0.05, 0.1) is 0 Å². The van der Waals surface area contributed by atoms with Gasteiger partial charge in [0.15, 0.2) is 0 Å². The molecule has 0 bridgehead atoms. The topological polar surface area (TPSA) is 12.0 Å². The van der Waals surface area contributed by atoms with Crippen molar-refractivity contribution in [2.45, 2.75) is 58.0 Å². The fourth-order valence-corrected chi connectivity index (χ4v) is 3.74. The molecule has 0 radical (unpaired) electrons. The van der Waals surface area contributed by atoms with E-state index in [1.54, 1.807) is 11.1 Å². The van der Waals surface area contributed by atoms with E-state index in [-0.39, 0.29) is 0 Å². The summed E-state index contributed by atoms with van der Waals surface area (Å²) >= 11 is 0. The van der Waals surface area contributed by atoms with Crippen LogP contribution in [0.1, 0.15) is 44.2 Å². The van der Waals surface area contributed by atoms with Crippen molar-refractivity contribution in [3.8, 4) is 0 Å². The number of rotatable bonds is 2. The van der Waals surface area contributed by atoms with Gasteiger partial charge in [0.2, 0.25) is 0 Å². The van der Waals surface area contributed by atoms with Crippen molar-refractivity contribution in [3.63, 3.8) is 0 Å². The molecule has 1 N–H and O–H groups in total. The quantitative estimate of drug-likeness (QED) is 0.837. The maximum Gasteiger partial charge on any atom is 0.0151 e. The number of fused-ring (bicyclic) bond motifs is 1. The highest BCUT2D eigenvalue weighted by Gasteiger charge is 2.29. The molecule has 2 aliphatic carbocycles. The summed E-state index contributed by atoms with van der Waals surface area (Å²) in [5.74, 6) is 1.76. The van der Waals surface area contributed by atoms with Gasteiger partial charge in [0, 0.05) is 12.1 Å². The summed E-state index contributed by atoms with van der Waals surface area (Å²) in [5, 5.41) is 3.94. The lowest BCUT2D eigenvalue weighted by Crippen LogP contribution is -2.45. The van der Waals surface area contributed by atoms with E-state index in [2.05, 4.69) is 43.4 Å². The van der Waals surface area contributed by atoms with Crippen LogP contribution in [-0.4, -0.2) is 12.1 Å². The molecule has 1 fully saturated rings. The molecule has 0 saturated heterocycles. The van der Waals surface area contributed by atoms with Crippen LogP contribution >= 0.6 is 0 Å². The highest BCUT2D eigenvalue weighted by atomic mass is 15.0. The van der Waals surface area contributed by atoms with Crippen molar-refractivity contribution in [1.29, 1.82) is 0 Å². The normalized spacial score (nSPS) is 32.4. The molecule has 1 nitrogen and oxygen atoms in total. The van der Waals surface area contributed by atoms with Gasteiger partial charge in [-0.25, -0.2) is 0 Å². The Bertz CT molecular complexity index is 387. The molecule has 0 amide bonds. The standard InChI is InChI=1S/C17H25N/c1-12-7-8-13(2)17(9-12)18-16-10-14-5-3-4-6-15(14)11-16/h3-6,12-13,16-18H,7-11H2,1-2H3. The molecule has 1 aromatic carbocycles. The fourth-order valence-electron chi connectivity index (χ4n) is 3.74. The highest BCUT2D eigenvalue weighted by molar-refractivity contribution is 5.33. The first-order valence-corrected chi connectivity index (χ1v) is 7.55. The zero-order chi connectivity index (χ0) is 12.5. The third-order valence-electron chi connectivity index (χ3n) is 4.96. The predicted molar refractivity (Wildman–Crippen MR) is 76.7 cm³/mol. The van der Waals surface area contributed by atoms with Crippen molar-refractivity contribution in [3.05, 3.63) is 35.4 Å². The molecule has 0 spiro atoms. The minimum atomic E-state index is 0.681. The average molecular weight is 243 g/mol. The van der Waals surface area contributed by atoms with Gasteiger partial charge in [-0.2, -0.15) is 0 Å². The molecule has 0 aliphatic heterocycles. The summed E-state index contributed by atoms with van der Waals surface area (Å²) in [4.78, 5) is 0. The van der Waals surface area contributed by atoms with Crippen LogP contribution in [0.25, 0.3) is 0 Å².